The van der Waals surface area contributed by atoms with Gasteiger partial charge in [-0.3, -0.25) is 9.98 Å². The summed E-state index contributed by atoms with van der Waals surface area (Å²) >= 11 is 0. The molecule has 0 aliphatic heterocycles. The number of aromatic nitrogens is 1. The van der Waals surface area contributed by atoms with E-state index in [9.17, 15) is 5.11 Å². The van der Waals surface area contributed by atoms with Crippen molar-refractivity contribution in [3.05, 3.63) is 108 Å². The summed E-state index contributed by atoms with van der Waals surface area (Å²) in [5.74, 6) is -0.0407. The molecular formula is C22H19N2O-. The maximum Gasteiger partial charge on any atom is 0.0640 e. The Bertz CT molecular complexity index is 841. The Kier molecular flexibility index (Phi) is 5.73. The smallest absolute Gasteiger partial charge is 0.0640 e. The highest BCUT2D eigenvalue weighted by atomic mass is 16.3. The van der Waals surface area contributed by atoms with Crippen LogP contribution in [0.3, 0.4) is 0 Å². The van der Waals surface area contributed by atoms with Crippen LogP contribution in [-0.4, -0.2) is 17.2 Å². The molecule has 0 saturated carbocycles. The van der Waals surface area contributed by atoms with E-state index in [1.54, 1.807) is 12.3 Å². The lowest BCUT2D eigenvalue weighted by Crippen LogP contribution is -2.08. The van der Waals surface area contributed by atoms with Gasteiger partial charge in [-0.25, -0.2) is 0 Å². The largest absolute Gasteiger partial charge is 0.872 e. The molecule has 3 rings (SSSR count). The van der Waals surface area contributed by atoms with Crippen LogP contribution in [0.1, 0.15) is 16.8 Å². The van der Waals surface area contributed by atoms with Crippen LogP contribution >= 0.6 is 0 Å². The van der Waals surface area contributed by atoms with E-state index in [1.165, 1.54) is 0 Å². The molecule has 0 unspecified atom stereocenters. The lowest BCUT2D eigenvalue weighted by molar-refractivity contribution is -0.243. The minimum atomic E-state index is -0.0407. The molecule has 0 saturated heterocycles. The van der Waals surface area contributed by atoms with E-state index in [1.807, 2.05) is 78.9 Å². The fourth-order valence-corrected chi connectivity index (χ4v) is 2.48. The van der Waals surface area contributed by atoms with E-state index < -0.39 is 0 Å². The monoisotopic (exact) mass is 327 g/mol. The first-order chi connectivity index (χ1) is 12.3. The molecular weight excluding hydrogens is 308 g/mol. The van der Waals surface area contributed by atoms with Crippen LogP contribution in [0.4, 0.5) is 0 Å². The molecule has 0 aliphatic rings. The van der Waals surface area contributed by atoms with E-state index in [0.717, 1.165) is 17.7 Å². The van der Waals surface area contributed by atoms with E-state index >= 15 is 0 Å². The molecule has 0 bridgehead atoms. The second-order valence-corrected chi connectivity index (χ2v) is 5.58. The predicted molar refractivity (Wildman–Crippen MR) is 100 cm³/mol. The van der Waals surface area contributed by atoms with E-state index in [0.29, 0.717) is 17.8 Å². The van der Waals surface area contributed by atoms with Crippen molar-refractivity contribution in [1.82, 2.24) is 4.98 Å². The summed E-state index contributed by atoms with van der Waals surface area (Å²) in [5.41, 5.74) is 3.29. The first-order valence-electron chi connectivity index (χ1n) is 8.27. The molecule has 0 spiro atoms. The molecule has 0 N–H and O–H groups in total. The molecule has 1 aromatic heterocycles. The molecule has 3 nitrogen and oxygen atoms in total. The molecule has 2 aromatic carbocycles. The minimum absolute atomic E-state index is 0.0407. The van der Waals surface area contributed by atoms with Gasteiger partial charge < -0.3 is 5.11 Å². The van der Waals surface area contributed by atoms with Gasteiger partial charge in [-0.2, -0.15) is 0 Å². The van der Waals surface area contributed by atoms with Crippen molar-refractivity contribution < 1.29 is 5.11 Å². The van der Waals surface area contributed by atoms with Crippen LogP contribution in [0.2, 0.25) is 0 Å². The normalized spacial score (nSPS) is 12.2. The van der Waals surface area contributed by atoms with Crippen molar-refractivity contribution in [2.24, 2.45) is 4.99 Å². The van der Waals surface area contributed by atoms with Gasteiger partial charge in [0.1, 0.15) is 0 Å². The number of benzene rings is 2. The molecule has 124 valence electrons. The van der Waals surface area contributed by atoms with Gasteiger partial charge in [0.15, 0.2) is 0 Å². The Labute approximate surface area is 148 Å². The van der Waals surface area contributed by atoms with Gasteiger partial charge in [0, 0.05) is 24.9 Å². The van der Waals surface area contributed by atoms with Crippen molar-refractivity contribution in [2.75, 3.05) is 6.54 Å². The Morgan fingerprint density at radius 1 is 0.840 bits per heavy atom. The zero-order valence-electron chi connectivity index (χ0n) is 13.9. The van der Waals surface area contributed by atoms with Crippen LogP contribution in [-0.2, 0) is 6.42 Å². The fourth-order valence-electron chi connectivity index (χ4n) is 2.48. The first kappa shape index (κ1) is 16.7. The van der Waals surface area contributed by atoms with Crippen LogP contribution in [0, 0.1) is 0 Å². The number of allylic oxidation sites excluding steroid dienone is 1. The van der Waals surface area contributed by atoms with Crippen LogP contribution < -0.4 is 5.11 Å². The third-order valence-electron chi connectivity index (χ3n) is 3.77. The minimum Gasteiger partial charge on any atom is -0.872 e. The van der Waals surface area contributed by atoms with Gasteiger partial charge in [-0.15, -0.1) is 0 Å². The van der Waals surface area contributed by atoms with Gasteiger partial charge >= 0.3 is 0 Å². The zero-order chi connectivity index (χ0) is 17.3. The van der Waals surface area contributed by atoms with Gasteiger partial charge in [-0.05, 0) is 29.3 Å². The SMILES string of the molecule is [O-]C(=CC(=NCCc1ccccn1)c1ccccc1)c1ccccc1. The Balaban J connectivity index is 1.84. The highest BCUT2D eigenvalue weighted by Gasteiger charge is 2.01. The number of pyridine rings is 1. The van der Waals surface area contributed by atoms with Gasteiger partial charge in [-0.1, -0.05) is 72.5 Å². The maximum absolute atomic E-state index is 12.5. The predicted octanol–water partition coefficient (Wildman–Crippen LogP) is 3.51. The van der Waals surface area contributed by atoms with Crippen molar-refractivity contribution in [3.63, 3.8) is 0 Å². The molecule has 0 aliphatic carbocycles. The van der Waals surface area contributed by atoms with Crippen LogP contribution in [0.5, 0.6) is 0 Å². The molecule has 0 atom stereocenters. The van der Waals surface area contributed by atoms with Gasteiger partial charge in [0.2, 0.25) is 0 Å². The summed E-state index contributed by atoms with van der Waals surface area (Å²) in [5, 5.41) is 12.5. The fraction of sp³-hybridized carbons (Fsp3) is 0.0909. The maximum atomic E-state index is 12.5. The van der Waals surface area contributed by atoms with E-state index in [4.69, 9.17) is 0 Å². The number of rotatable bonds is 6. The summed E-state index contributed by atoms with van der Waals surface area (Å²) in [7, 11) is 0. The highest BCUT2D eigenvalue weighted by molar-refractivity contribution is 6.11. The molecule has 1 heterocycles. The number of aliphatic imine (C=N–C) groups is 1. The Morgan fingerprint density at radius 2 is 1.48 bits per heavy atom. The van der Waals surface area contributed by atoms with Crippen molar-refractivity contribution >= 4 is 11.5 Å². The topological polar surface area (TPSA) is 48.3 Å². The third-order valence-corrected chi connectivity index (χ3v) is 3.77. The van der Waals surface area contributed by atoms with Gasteiger partial charge in [0.05, 0.1) is 5.71 Å². The molecule has 0 radical (unpaired) electrons. The first-order valence-corrected chi connectivity index (χ1v) is 8.27. The number of nitrogens with zero attached hydrogens (tertiary/aromatic N) is 2. The summed E-state index contributed by atoms with van der Waals surface area (Å²) in [4.78, 5) is 8.97. The number of hydrogen-bond acceptors (Lipinski definition) is 3. The quantitative estimate of drug-likeness (QED) is 0.514. The zero-order valence-corrected chi connectivity index (χ0v) is 13.9. The van der Waals surface area contributed by atoms with Crippen molar-refractivity contribution in [3.8, 4) is 0 Å². The lowest BCUT2D eigenvalue weighted by atomic mass is 10.1. The second kappa shape index (κ2) is 8.60. The average Bonchev–Trinajstić information content (AvgIpc) is 2.69. The lowest BCUT2D eigenvalue weighted by Gasteiger charge is -2.13. The molecule has 0 fully saturated rings. The average molecular weight is 327 g/mol. The summed E-state index contributed by atoms with van der Waals surface area (Å²) in [6.07, 6.45) is 4.13. The van der Waals surface area contributed by atoms with Gasteiger partial charge in [0.25, 0.3) is 0 Å². The number of hydrogen-bond donors (Lipinski definition) is 0. The summed E-state index contributed by atoms with van der Waals surface area (Å²) in [6.45, 7) is 0.583. The Hall–Kier alpha value is -3.20. The highest BCUT2D eigenvalue weighted by Crippen LogP contribution is 2.11. The van der Waals surface area contributed by atoms with E-state index in [-0.39, 0.29) is 5.76 Å². The summed E-state index contributed by atoms with van der Waals surface area (Å²) < 4.78 is 0. The van der Waals surface area contributed by atoms with Crippen molar-refractivity contribution in [1.29, 1.82) is 0 Å². The standard InChI is InChI=1S/C22H20N2O/c25-22(19-11-5-2-6-12-19)17-21(18-9-3-1-4-10-18)24-16-14-20-13-7-8-15-23-20/h1-13,15,17,25H,14,16H2/p-1. The molecule has 25 heavy (non-hydrogen) atoms. The molecule has 0 amide bonds. The van der Waals surface area contributed by atoms with Crippen molar-refractivity contribution in [2.45, 2.75) is 6.42 Å². The molecule has 3 heteroatoms. The second-order valence-electron chi connectivity index (χ2n) is 5.58. The molecule has 3 aromatic rings. The Morgan fingerprint density at radius 3 is 2.12 bits per heavy atom. The summed E-state index contributed by atoms with van der Waals surface area (Å²) in [6, 6.07) is 24.9. The third kappa shape index (κ3) is 4.88. The van der Waals surface area contributed by atoms with Crippen LogP contribution in [0.25, 0.3) is 5.76 Å². The van der Waals surface area contributed by atoms with Crippen LogP contribution in [0.15, 0.2) is 96.1 Å². The van der Waals surface area contributed by atoms with E-state index in [2.05, 4.69) is 9.98 Å².